The van der Waals surface area contributed by atoms with Crippen molar-refractivity contribution in [2.45, 2.75) is 43.9 Å². The minimum absolute atomic E-state index is 0.145. The molecule has 2 saturated heterocycles. The molecule has 150 valence electrons. The first-order valence-electron chi connectivity index (χ1n) is 9.51. The molecule has 5 atom stereocenters. The molecular weight excluding hydrogens is 360 g/mol. The molecule has 28 heavy (non-hydrogen) atoms. The molecule has 6 nitrogen and oxygen atoms in total. The van der Waals surface area contributed by atoms with Gasteiger partial charge in [-0.15, -0.1) is 0 Å². The fraction of sp³-hybridized carbons (Fsp3) is 0.455. The topological polar surface area (TPSA) is 55.4 Å². The smallest absolute Gasteiger partial charge is 0.184 e. The van der Waals surface area contributed by atoms with Crippen molar-refractivity contribution in [3.63, 3.8) is 0 Å². The van der Waals surface area contributed by atoms with E-state index in [0.29, 0.717) is 19.6 Å². The van der Waals surface area contributed by atoms with E-state index in [0.717, 1.165) is 16.9 Å². The Kier molecular flexibility index (Phi) is 6.24. The summed E-state index contributed by atoms with van der Waals surface area (Å²) >= 11 is 0. The molecule has 0 saturated carbocycles. The molecule has 2 aliphatic rings. The highest BCUT2D eigenvalue weighted by Gasteiger charge is 2.45. The van der Waals surface area contributed by atoms with E-state index in [1.165, 1.54) is 0 Å². The van der Waals surface area contributed by atoms with E-state index in [1.54, 1.807) is 14.2 Å². The van der Waals surface area contributed by atoms with Crippen LogP contribution < -0.4 is 4.74 Å². The molecule has 2 aromatic carbocycles. The van der Waals surface area contributed by atoms with Crippen LogP contribution in [0, 0.1) is 0 Å². The molecule has 0 spiro atoms. The van der Waals surface area contributed by atoms with Crippen molar-refractivity contribution in [2.24, 2.45) is 0 Å². The average Bonchev–Trinajstić information content (AvgIpc) is 2.77. The van der Waals surface area contributed by atoms with Crippen LogP contribution in [0.25, 0.3) is 0 Å². The maximum absolute atomic E-state index is 6.28. The Bertz CT molecular complexity index is 734. The third-order valence-electron chi connectivity index (χ3n) is 5.13. The van der Waals surface area contributed by atoms with Crippen LogP contribution >= 0.6 is 0 Å². The number of hydrogen-bond acceptors (Lipinski definition) is 6. The summed E-state index contributed by atoms with van der Waals surface area (Å²) in [7, 11) is 3.29. The van der Waals surface area contributed by atoms with Gasteiger partial charge in [0.1, 0.15) is 18.0 Å². The van der Waals surface area contributed by atoms with Gasteiger partial charge >= 0.3 is 0 Å². The molecule has 6 heteroatoms. The van der Waals surface area contributed by atoms with Crippen molar-refractivity contribution in [1.82, 2.24) is 0 Å². The van der Waals surface area contributed by atoms with Crippen LogP contribution in [0.3, 0.4) is 0 Å². The summed E-state index contributed by atoms with van der Waals surface area (Å²) in [6.07, 6.45) is -0.775. The van der Waals surface area contributed by atoms with Crippen molar-refractivity contribution in [1.29, 1.82) is 0 Å². The third-order valence-corrected chi connectivity index (χ3v) is 5.13. The minimum Gasteiger partial charge on any atom is -0.497 e. The van der Waals surface area contributed by atoms with Gasteiger partial charge in [-0.25, -0.2) is 0 Å². The molecule has 2 fully saturated rings. The van der Waals surface area contributed by atoms with Crippen molar-refractivity contribution < 1.29 is 28.4 Å². The number of ether oxygens (including phenoxy) is 6. The van der Waals surface area contributed by atoms with E-state index in [4.69, 9.17) is 28.4 Å². The van der Waals surface area contributed by atoms with Gasteiger partial charge in [0.25, 0.3) is 0 Å². The predicted molar refractivity (Wildman–Crippen MR) is 102 cm³/mol. The number of rotatable bonds is 6. The molecule has 0 aliphatic carbocycles. The van der Waals surface area contributed by atoms with Crippen molar-refractivity contribution in [2.75, 3.05) is 20.8 Å². The van der Waals surface area contributed by atoms with Gasteiger partial charge in [0.2, 0.25) is 0 Å². The summed E-state index contributed by atoms with van der Waals surface area (Å²) < 4.78 is 35.0. The fourth-order valence-corrected chi connectivity index (χ4v) is 3.59. The second-order valence-corrected chi connectivity index (χ2v) is 6.95. The van der Waals surface area contributed by atoms with Crippen LogP contribution in [0.4, 0.5) is 0 Å². The highest BCUT2D eigenvalue weighted by Crippen LogP contribution is 2.35. The first kappa shape index (κ1) is 19.4. The van der Waals surface area contributed by atoms with Crippen LogP contribution in [0.15, 0.2) is 54.6 Å². The minimum atomic E-state index is -0.460. The molecule has 0 unspecified atom stereocenters. The van der Waals surface area contributed by atoms with E-state index in [-0.39, 0.29) is 24.6 Å². The Morgan fingerprint density at radius 1 is 0.964 bits per heavy atom. The van der Waals surface area contributed by atoms with Gasteiger partial charge in [-0.05, 0) is 17.7 Å². The molecule has 0 N–H and O–H groups in total. The number of fused-ring (bicyclic) bond motifs is 1. The largest absolute Gasteiger partial charge is 0.497 e. The second kappa shape index (κ2) is 9.03. The van der Waals surface area contributed by atoms with Gasteiger partial charge in [-0.1, -0.05) is 42.5 Å². The lowest BCUT2D eigenvalue weighted by molar-refractivity contribution is -0.339. The standard InChI is InChI=1S/C22H26O6/c1-23-17-10-8-16(9-11-17)22-26-14-19-21(28-22)18(12-20(24-2)27-19)25-13-15-6-4-3-5-7-15/h3-11,18-22H,12-14H2,1-2H3/t18-,19-,20+,21+,22-/m1/s1. The van der Waals surface area contributed by atoms with Crippen LogP contribution in [-0.2, 0) is 30.3 Å². The van der Waals surface area contributed by atoms with Gasteiger partial charge in [-0.3, -0.25) is 0 Å². The molecule has 2 heterocycles. The summed E-state index contributed by atoms with van der Waals surface area (Å²) in [5.74, 6) is 0.797. The number of benzene rings is 2. The zero-order valence-corrected chi connectivity index (χ0v) is 16.2. The van der Waals surface area contributed by atoms with E-state index < -0.39 is 6.29 Å². The summed E-state index contributed by atoms with van der Waals surface area (Å²) in [4.78, 5) is 0. The fourth-order valence-electron chi connectivity index (χ4n) is 3.59. The predicted octanol–water partition coefficient (Wildman–Crippen LogP) is 3.46. The quantitative estimate of drug-likeness (QED) is 0.758. The summed E-state index contributed by atoms with van der Waals surface area (Å²) in [6.45, 7) is 0.939. The molecule has 0 bridgehead atoms. The maximum Gasteiger partial charge on any atom is 0.184 e. The lowest BCUT2D eigenvalue weighted by Gasteiger charge is -2.45. The van der Waals surface area contributed by atoms with E-state index in [1.807, 2.05) is 42.5 Å². The molecular formula is C22H26O6. The monoisotopic (exact) mass is 386 g/mol. The SMILES string of the molecule is COc1ccc([C@@H]2OC[C@H]3O[C@H](OC)C[C@@H](OCc4ccccc4)[C@@H]3O2)cc1. The van der Waals surface area contributed by atoms with Crippen molar-refractivity contribution in [3.8, 4) is 5.75 Å². The number of hydrogen-bond donors (Lipinski definition) is 0. The lowest BCUT2D eigenvalue weighted by atomic mass is 9.99. The van der Waals surface area contributed by atoms with Gasteiger partial charge in [0, 0.05) is 19.1 Å². The Morgan fingerprint density at radius 3 is 2.46 bits per heavy atom. The first-order valence-corrected chi connectivity index (χ1v) is 9.51. The highest BCUT2D eigenvalue weighted by molar-refractivity contribution is 5.28. The Labute approximate surface area is 165 Å². The Morgan fingerprint density at radius 2 is 1.75 bits per heavy atom. The first-order chi connectivity index (χ1) is 13.8. The summed E-state index contributed by atoms with van der Waals surface area (Å²) in [6, 6.07) is 17.8. The molecule has 0 radical (unpaired) electrons. The van der Waals surface area contributed by atoms with E-state index in [9.17, 15) is 0 Å². The van der Waals surface area contributed by atoms with Gasteiger partial charge in [0.05, 0.1) is 26.4 Å². The van der Waals surface area contributed by atoms with Gasteiger partial charge in [-0.2, -0.15) is 0 Å². The van der Waals surface area contributed by atoms with E-state index in [2.05, 4.69) is 12.1 Å². The third kappa shape index (κ3) is 4.37. The lowest BCUT2D eigenvalue weighted by Crippen LogP contribution is -2.55. The van der Waals surface area contributed by atoms with Crippen molar-refractivity contribution >= 4 is 0 Å². The highest BCUT2D eigenvalue weighted by atomic mass is 16.7. The average molecular weight is 386 g/mol. The van der Waals surface area contributed by atoms with Crippen LogP contribution in [-0.4, -0.2) is 45.4 Å². The summed E-state index contributed by atoms with van der Waals surface area (Å²) in [5.41, 5.74) is 2.06. The Hall–Kier alpha value is -1.96. The molecule has 0 amide bonds. The van der Waals surface area contributed by atoms with Gasteiger partial charge < -0.3 is 28.4 Å². The van der Waals surface area contributed by atoms with Crippen LogP contribution in [0.1, 0.15) is 23.8 Å². The van der Waals surface area contributed by atoms with E-state index >= 15 is 0 Å². The summed E-state index contributed by atoms with van der Waals surface area (Å²) in [5, 5.41) is 0. The van der Waals surface area contributed by atoms with Crippen molar-refractivity contribution in [3.05, 3.63) is 65.7 Å². The molecule has 0 aromatic heterocycles. The zero-order chi connectivity index (χ0) is 19.3. The zero-order valence-electron chi connectivity index (χ0n) is 16.2. The molecule has 2 aliphatic heterocycles. The molecule has 2 aromatic rings. The van der Waals surface area contributed by atoms with Gasteiger partial charge in [0.15, 0.2) is 12.6 Å². The molecule has 4 rings (SSSR count). The van der Waals surface area contributed by atoms with Crippen LogP contribution in [0.5, 0.6) is 5.75 Å². The number of methoxy groups -OCH3 is 2. The maximum atomic E-state index is 6.28. The normalized spacial score (nSPS) is 29.9. The second-order valence-electron chi connectivity index (χ2n) is 6.95. The Balaban J connectivity index is 1.46. The van der Waals surface area contributed by atoms with Crippen LogP contribution in [0.2, 0.25) is 0 Å².